The van der Waals surface area contributed by atoms with E-state index in [-0.39, 0.29) is 5.91 Å². The van der Waals surface area contributed by atoms with Crippen LogP contribution in [0.15, 0.2) is 48.5 Å². The molecule has 0 fully saturated rings. The van der Waals surface area contributed by atoms with Gasteiger partial charge in [0.15, 0.2) is 17.6 Å². The molecular formula is C22H29NO3. The number of ether oxygens (including phenoxy) is 2. The van der Waals surface area contributed by atoms with Crippen molar-refractivity contribution in [3.8, 4) is 11.5 Å². The number of hydrogen-bond acceptors (Lipinski definition) is 3. The van der Waals surface area contributed by atoms with Gasteiger partial charge in [0.05, 0.1) is 7.11 Å². The summed E-state index contributed by atoms with van der Waals surface area (Å²) in [6.07, 6.45) is 1.27. The zero-order chi connectivity index (χ0) is 18.9. The van der Waals surface area contributed by atoms with Gasteiger partial charge in [-0.05, 0) is 48.9 Å². The standard InChI is InChI=1S/C22H29NO3/c1-16(2)19-13-11-18(12-14-19)8-7-15-23-22(24)17(3)26-21-10-6-5-9-20(21)25-4/h5-6,9-14,16-17H,7-8,15H2,1-4H3,(H,23,24)/t17-/m1/s1. The van der Waals surface area contributed by atoms with Crippen molar-refractivity contribution < 1.29 is 14.3 Å². The van der Waals surface area contributed by atoms with Crippen molar-refractivity contribution in [2.75, 3.05) is 13.7 Å². The van der Waals surface area contributed by atoms with Gasteiger partial charge in [0.25, 0.3) is 5.91 Å². The summed E-state index contributed by atoms with van der Waals surface area (Å²) < 4.78 is 11.0. The first kappa shape index (κ1) is 19.8. The Morgan fingerprint density at radius 2 is 1.65 bits per heavy atom. The van der Waals surface area contributed by atoms with Crippen LogP contribution in [0.5, 0.6) is 11.5 Å². The maximum Gasteiger partial charge on any atom is 0.260 e. The molecule has 0 aliphatic heterocycles. The van der Waals surface area contributed by atoms with Crippen molar-refractivity contribution in [1.29, 1.82) is 0 Å². The fourth-order valence-corrected chi connectivity index (χ4v) is 2.68. The molecule has 1 atom stereocenters. The molecule has 0 aliphatic rings. The third kappa shape index (κ3) is 5.80. The first-order chi connectivity index (χ1) is 12.5. The Labute approximate surface area is 156 Å². The molecule has 0 bridgehead atoms. The summed E-state index contributed by atoms with van der Waals surface area (Å²) in [5.41, 5.74) is 2.64. The van der Waals surface area contributed by atoms with Crippen molar-refractivity contribution in [1.82, 2.24) is 5.32 Å². The summed E-state index contributed by atoms with van der Waals surface area (Å²) in [4.78, 5) is 12.2. The van der Waals surface area contributed by atoms with Crippen LogP contribution in [0.4, 0.5) is 0 Å². The zero-order valence-corrected chi connectivity index (χ0v) is 16.1. The number of methoxy groups -OCH3 is 1. The van der Waals surface area contributed by atoms with Gasteiger partial charge >= 0.3 is 0 Å². The molecule has 0 radical (unpaired) electrons. The van der Waals surface area contributed by atoms with Crippen LogP contribution in [0.2, 0.25) is 0 Å². The van der Waals surface area contributed by atoms with E-state index in [0.717, 1.165) is 12.8 Å². The first-order valence-corrected chi connectivity index (χ1v) is 9.17. The minimum Gasteiger partial charge on any atom is -0.493 e. The van der Waals surface area contributed by atoms with E-state index >= 15 is 0 Å². The smallest absolute Gasteiger partial charge is 0.260 e. The monoisotopic (exact) mass is 355 g/mol. The molecular weight excluding hydrogens is 326 g/mol. The van der Waals surface area contributed by atoms with Crippen LogP contribution in [0, 0.1) is 0 Å². The molecule has 2 aromatic rings. The van der Waals surface area contributed by atoms with Crippen LogP contribution in [0.3, 0.4) is 0 Å². The van der Waals surface area contributed by atoms with Gasteiger partial charge in [-0.3, -0.25) is 4.79 Å². The van der Waals surface area contributed by atoms with E-state index in [1.165, 1.54) is 11.1 Å². The van der Waals surface area contributed by atoms with E-state index in [2.05, 4.69) is 43.4 Å². The van der Waals surface area contributed by atoms with E-state index in [9.17, 15) is 4.79 Å². The summed E-state index contributed by atoms with van der Waals surface area (Å²) in [5, 5.41) is 2.94. The number of hydrogen-bond donors (Lipinski definition) is 1. The number of para-hydroxylation sites is 2. The average Bonchev–Trinajstić information content (AvgIpc) is 2.65. The predicted octanol–water partition coefficient (Wildman–Crippen LogP) is 4.33. The fourth-order valence-electron chi connectivity index (χ4n) is 2.68. The number of benzene rings is 2. The molecule has 0 spiro atoms. The Bertz CT molecular complexity index is 695. The highest BCUT2D eigenvalue weighted by atomic mass is 16.5. The molecule has 2 rings (SSSR count). The fraction of sp³-hybridized carbons (Fsp3) is 0.409. The largest absolute Gasteiger partial charge is 0.493 e. The number of aryl methyl sites for hydroxylation is 1. The Balaban J connectivity index is 1.74. The highest BCUT2D eigenvalue weighted by molar-refractivity contribution is 5.80. The summed E-state index contributed by atoms with van der Waals surface area (Å²) in [5.74, 6) is 1.62. The minimum atomic E-state index is -0.573. The molecule has 0 heterocycles. The van der Waals surface area contributed by atoms with Gasteiger partial charge in [-0.2, -0.15) is 0 Å². The number of amides is 1. The molecule has 0 saturated heterocycles. The molecule has 140 valence electrons. The molecule has 0 aliphatic carbocycles. The maximum atomic E-state index is 12.2. The summed E-state index contributed by atoms with van der Waals surface area (Å²) in [6.45, 7) is 6.76. The van der Waals surface area contributed by atoms with Crippen molar-refractivity contribution in [2.45, 2.75) is 45.6 Å². The molecule has 26 heavy (non-hydrogen) atoms. The topological polar surface area (TPSA) is 47.6 Å². The van der Waals surface area contributed by atoms with Crippen LogP contribution in [-0.2, 0) is 11.2 Å². The minimum absolute atomic E-state index is 0.119. The number of carbonyl (C=O) groups excluding carboxylic acids is 1. The Kier molecular flexibility index (Phi) is 7.52. The molecule has 4 nitrogen and oxygen atoms in total. The van der Waals surface area contributed by atoms with E-state index in [1.807, 2.05) is 18.2 Å². The van der Waals surface area contributed by atoms with Crippen LogP contribution >= 0.6 is 0 Å². The summed E-state index contributed by atoms with van der Waals surface area (Å²) in [7, 11) is 1.58. The Morgan fingerprint density at radius 1 is 1.00 bits per heavy atom. The quantitative estimate of drug-likeness (QED) is 0.681. The second kappa shape index (κ2) is 9.85. The third-order valence-electron chi connectivity index (χ3n) is 4.33. The molecule has 1 N–H and O–H groups in total. The lowest BCUT2D eigenvalue weighted by molar-refractivity contribution is -0.127. The van der Waals surface area contributed by atoms with Gasteiger partial charge in [0, 0.05) is 6.54 Å². The average molecular weight is 355 g/mol. The van der Waals surface area contributed by atoms with E-state index in [4.69, 9.17) is 9.47 Å². The number of carbonyl (C=O) groups is 1. The highest BCUT2D eigenvalue weighted by Gasteiger charge is 2.16. The highest BCUT2D eigenvalue weighted by Crippen LogP contribution is 2.26. The molecule has 0 saturated carbocycles. The normalized spacial score (nSPS) is 11.9. The number of rotatable bonds is 9. The lowest BCUT2D eigenvalue weighted by Crippen LogP contribution is -2.37. The predicted molar refractivity (Wildman–Crippen MR) is 105 cm³/mol. The zero-order valence-electron chi connectivity index (χ0n) is 16.1. The summed E-state index contributed by atoms with van der Waals surface area (Å²) in [6, 6.07) is 16.0. The van der Waals surface area contributed by atoms with Crippen LogP contribution in [0.25, 0.3) is 0 Å². The maximum absolute atomic E-state index is 12.2. The molecule has 1 amide bonds. The second-order valence-corrected chi connectivity index (χ2v) is 6.70. The lowest BCUT2D eigenvalue weighted by atomic mass is 10.0. The van der Waals surface area contributed by atoms with Crippen LogP contribution < -0.4 is 14.8 Å². The van der Waals surface area contributed by atoms with Gasteiger partial charge in [0.1, 0.15) is 0 Å². The number of nitrogens with one attached hydrogen (secondary N) is 1. The van der Waals surface area contributed by atoms with Crippen molar-refractivity contribution >= 4 is 5.91 Å². The van der Waals surface area contributed by atoms with Crippen LogP contribution in [-0.4, -0.2) is 25.7 Å². The Hall–Kier alpha value is -2.49. The van der Waals surface area contributed by atoms with E-state index < -0.39 is 6.10 Å². The lowest BCUT2D eigenvalue weighted by Gasteiger charge is -2.16. The third-order valence-corrected chi connectivity index (χ3v) is 4.33. The molecule has 0 aromatic heterocycles. The van der Waals surface area contributed by atoms with E-state index in [0.29, 0.717) is 24.0 Å². The van der Waals surface area contributed by atoms with Crippen molar-refractivity contribution in [3.63, 3.8) is 0 Å². The molecule has 0 unspecified atom stereocenters. The molecule has 2 aromatic carbocycles. The van der Waals surface area contributed by atoms with Crippen molar-refractivity contribution in [2.24, 2.45) is 0 Å². The van der Waals surface area contributed by atoms with E-state index in [1.54, 1.807) is 20.1 Å². The SMILES string of the molecule is COc1ccccc1O[C@H](C)C(=O)NCCCc1ccc(C(C)C)cc1. The van der Waals surface area contributed by atoms with Gasteiger partial charge in [-0.15, -0.1) is 0 Å². The van der Waals surface area contributed by atoms with Gasteiger partial charge in [0.2, 0.25) is 0 Å². The second-order valence-electron chi connectivity index (χ2n) is 6.70. The van der Waals surface area contributed by atoms with Crippen molar-refractivity contribution in [3.05, 3.63) is 59.7 Å². The Morgan fingerprint density at radius 3 is 2.27 bits per heavy atom. The van der Waals surface area contributed by atoms with Crippen LogP contribution in [0.1, 0.15) is 44.2 Å². The first-order valence-electron chi connectivity index (χ1n) is 9.17. The van der Waals surface area contributed by atoms with Gasteiger partial charge < -0.3 is 14.8 Å². The van der Waals surface area contributed by atoms with Gasteiger partial charge in [-0.25, -0.2) is 0 Å². The molecule has 4 heteroatoms. The summed E-state index contributed by atoms with van der Waals surface area (Å²) >= 11 is 0. The van der Waals surface area contributed by atoms with Gasteiger partial charge in [-0.1, -0.05) is 50.2 Å².